The molecule has 2 aromatic carbocycles. The molecule has 9 nitrogen and oxygen atoms in total. The van der Waals surface area contributed by atoms with Gasteiger partial charge in [0.2, 0.25) is 0 Å². The molecule has 0 radical (unpaired) electrons. The van der Waals surface area contributed by atoms with Gasteiger partial charge in [-0.1, -0.05) is 23.7 Å². The normalized spacial score (nSPS) is 18.2. The van der Waals surface area contributed by atoms with Gasteiger partial charge < -0.3 is 14.5 Å². The second-order valence-electron chi connectivity index (χ2n) is 11.7. The number of carbonyl (C=O) groups excluding carboxylic acids is 2. The quantitative estimate of drug-likeness (QED) is 0.215. The van der Waals surface area contributed by atoms with Crippen LogP contribution in [0.5, 0.6) is 5.75 Å². The van der Waals surface area contributed by atoms with Crippen molar-refractivity contribution < 1.29 is 18.7 Å². The number of halogens is 2. The Morgan fingerprint density at radius 1 is 1.02 bits per heavy atom. The maximum Gasteiger partial charge on any atom is 0.332 e. The van der Waals surface area contributed by atoms with Crippen molar-refractivity contribution >= 4 is 34.9 Å². The number of likely N-dealkylation sites (N-methyl/N-ethyl adjacent to an activating group) is 1. The molecule has 45 heavy (non-hydrogen) atoms. The zero-order valence-electron chi connectivity index (χ0n) is 25.6. The lowest BCUT2D eigenvalue weighted by Gasteiger charge is -2.41. The Bertz CT molecular complexity index is 1640. The van der Waals surface area contributed by atoms with Gasteiger partial charge >= 0.3 is 6.03 Å². The summed E-state index contributed by atoms with van der Waals surface area (Å²) in [6.45, 7) is 8.52. The molecule has 0 saturated carbocycles. The number of rotatable bonds is 8. The number of benzene rings is 2. The number of nitrogens with zero attached hydrogens (tertiary/aromatic N) is 6. The van der Waals surface area contributed by atoms with E-state index in [1.165, 1.54) is 30.2 Å². The molecule has 3 aromatic rings. The van der Waals surface area contributed by atoms with Gasteiger partial charge in [-0.15, -0.1) is 0 Å². The highest BCUT2D eigenvalue weighted by Gasteiger charge is 2.58. The van der Waals surface area contributed by atoms with E-state index in [0.29, 0.717) is 32.5 Å². The first kappa shape index (κ1) is 30.8. The molecule has 3 amide bonds. The van der Waals surface area contributed by atoms with Crippen LogP contribution < -0.4 is 14.5 Å². The van der Waals surface area contributed by atoms with E-state index in [4.69, 9.17) is 16.3 Å². The molecular weight excluding hydrogens is 595 g/mol. The van der Waals surface area contributed by atoms with Crippen molar-refractivity contribution in [1.82, 2.24) is 14.8 Å². The Kier molecular flexibility index (Phi) is 8.67. The van der Waals surface area contributed by atoms with E-state index >= 15 is 0 Å². The van der Waals surface area contributed by atoms with Crippen molar-refractivity contribution in [1.29, 1.82) is 5.26 Å². The molecule has 3 fully saturated rings. The second kappa shape index (κ2) is 12.7. The fraction of sp³-hybridized carbons (Fsp3) is 0.412. The highest BCUT2D eigenvalue weighted by atomic mass is 35.5. The summed E-state index contributed by atoms with van der Waals surface area (Å²) < 4.78 is 20.3. The Balaban J connectivity index is 1.20. The van der Waals surface area contributed by atoms with Crippen LogP contribution in [-0.2, 0) is 11.3 Å². The van der Waals surface area contributed by atoms with Gasteiger partial charge in [0.15, 0.2) is 16.7 Å². The minimum atomic E-state index is -0.962. The number of piperidine rings is 1. The van der Waals surface area contributed by atoms with Crippen molar-refractivity contribution in [3.8, 4) is 23.1 Å². The van der Waals surface area contributed by atoms with E-state index in [1.54, 1.807) is 24.0 Å². The highest BCUT2D eigenvalue weighted by molar-refractivity contribution is 6.35. The fourth-order valence-electron chi connectivity index (χ4n) is 6.86. The van der Waals surface area contributed by atoms with E-state index in [2.05, 4.69) is 39.0 Å². The summed E-state index contributed by atoms with van der Waals surface area (Å²) in [6, 6.07) is 15.9. The lowest BCUT2D eigenvalue weighted by molar-refractivity contribution is -0.127. The van der Waals surface area contributed by atoms with Gasteiger partial charge in [0, 0.05) is 50.5 Å². The van der Waals surface area contributed by atoms with E-state index < -0.39 is 17.4 Å². The largest absolute Gasteiger partial charge is 0.490 e. The lowest BCUT2D eigenvalue weighted by Crippen LogP contribution is -2.56. The first-order chi connectivity index (χ1) is 21.8. The average Bonchev–Trinajstić information content (AvgIpc) is 3.65. The Morgan fingerprint density at radius 2 is 1.73 bits per heavy atom. The van der Waals surface area contributed by atoms with E-state index in [9.17, 15) is 19.2 Å². The van der Waals surface area contributed by atoms with Crippen LogP contribution in [-0.4, -0.2) is 71.6 Å². The number of hydrogen-bond acceptors (Lipinski definition) is 7. The predicted octanol–water partition coefficient (Wildman–Crippen LogP) is 6.23. The second-order valence-corrected chi connectivity index (χ2v) is 12.1. The van der Waals surface area contributed by atoms with E-state index in [1.807, 2.05) is 13.0 Å². The summed E-state index contributed by atoms with van der Waals surface area (Å²) in [6.07, 6.45) is 3.50. The molecule has 0 aliphatic carbocycles. The van der Waals surface area contributed by atoms with Crippen LogP contribution in [0, 0.1) is 17.1 Å². The van der Waals surface area contributed by atoms with Crippen LogP contribution in [0.4, 0.5) is 20.6 Å². The van der Waals surface area contributed by atoms with Gasteiger partial charge in [-0.25, -0.2) is 19.1 Å². The molecule has 0 atom stereocenters. The summed E-state index contributed by atoms with van der Waals surface area (Å²) in [5.41, 5.74) is 2.31. The third-order valence-corrected chi connectivity index (χ3v) is 9.44. The molecule has 0 unspecified atom stereocenters. The van der Waals surface area contributed by atoms with E-state index in [0.717, 1.165) is 30.6 Å². The minimum absolute atomic E-state index is 0.0495. The van der Waals surface area contributed by atoms with Crippen LogP contribution in [0.25, 0.3) is 11.3 Å². The lowest BCUT2D eigenvalue weighted by atomic mass is 9.85. The van der Waals surface area contributed by atoms with Gasteiger partial charge in [-0.05, 0) is 81.5 Å². The Morgan fingerprint density at radius 3 is 2.36 bits per heavy atom. The van der Waals surface area contributed by atoms with Gasteiger partial charge in [-0.2, -0.15) is 5.26 Å². The maximum absolute atomic E-state index is 14.8. The maximum atomic E-state index is 14.8. The number of anilines is 2. The van der Waals surface area contributed by atoms with Gasteiger partial charge in [-0.3, -0.25) is 9.69 Å². The summed E-state index contributed by atoms with van der Waals surface area (Å²) in [7, 11) is 0. The van der Waals surface area contributed by atoms with Crippen LogP contribution in [0.15, 0.2) is 48.5 Å². The summed E-state index contributed by atoms with van der Waals surface area (Å²) >= 11 is 6.63. The third-order valence-electron chi connectivity index (χ3n) is 9.16. The predicted molar refractivity (Wildman–Crippen MR) is 171 cm³/mol. The molecule has 4 heterocycles. The molecule has 234 valence electrons. The number of ether oxygens (including phenoxy) is 1. The molecule has 1 spiro atoms. The Labute approximate surface area is 267 Å². The van der Waals surface area contributed by atoms with Crippen molar-refractivity contribution in [2.75, 3.05) is 49.1 Å². The van der Waals surface area contributed by atoms with Crippen molar-refractivity contribution in [3.63, 3.8) is 0 Å². The standard InChI is InChI=1S/C34H36ClFN6O3/c1-3-41-33(44)42(29-12-11-28(38-31(29)35)26-19-24(21-37)20-27(36)30(26)45-4-2)32(43)34(41)13-17-39(18-14-34)22-23-7-9-25(10-8-23)40-15-5-6-16-40/h7-12,19-20H,3-6,13-18,22H2,1-2H3. The SMILES string of the molecule is CCOc1c(F)cc(C#N)cc1-c1ccc(N2C(=O)N(CC)C3(CCN(Cc4ccc(N5CCCC5)cc4)CC3)C2=O)c(Cl)n1. The number of amides is 3. The molecule has 3 saturated heterocycles. The number of pyridine rings is 1. The fourth-order valence-corrected chi connectivity index (χ4v) is 7.10. The van der Waals surface area contributed by atoms with Gasteiger partial charge in [0.1, 0.15) is 5.54 Å². The molecular formula is C34H36ClFN6O3. The molecule has 11 heteroatoms. The molecule has 0 N–H and O–H groups in total. The molecule has 6 rings (SSSR count). The monoisotopic (exact) mass is 630 g/mol. The number of nitriles is 1. The summed E-state index contributed by atoms with van der Waals surface area (Å²) in [4.78, 5) is 39.8. The van der Waals surface area contributed by atoms with Gasteiger partial charge in [0.05, 0.1) is 29.6 Å². The summed E-state index contributed by atoms with van der Waals surface area (Å²) in [5, 5.41) is 9.29. The number of likely N-dealkylation sites (tertiary alicyclic amines) is 1. The van der Waals surface area contributed by atoms with Crippen LogP contribution in [0.3, 0.4) is 0 Å². The number of aromatic nitrogens is 1. The zero-order valence-corrected chi connectivity index (χ0v) is 26.3. The first-order valence-corrected chi connectivity index (χ1v) is 15.9. The number of imide groups is 1. The molecule has 3 aliphatic rings. The number of carbonyl (C=O) groups is 2. The zero-order chi connectivity index (χ0) is 31.7. The topological polar surface area (TPSA) is 93.0 Å². The van der Waals surface area contributed by atoms with E-state index in [-0.39, 0.29) is 45.9 Å². The van der Waals surface area contributed by atoms with Crippen molar-refractivity contribution in [2.24, 2.45) is 0 Å². The minimum Gasteiger partial charge on any atom is -0.490 e. The molecule has 0 bridgehead atoms. The van der Waals surface area contributed by atoms with Crippen LogP contribution in [0.1, 0.15) is 50.7 Å². The van der Waals surface area contributed by atoms with Crippen molar-refractivity contribution in [2.45, 2.75) is 51.6 Å². The smallest absolute Gasteiger partial charge is 0.332 e. The third kappa shape index (κ3) is 5.60. The highest BCUT2D eigenvalue weighted by Crippen LogP contribution is 2.42. The first-order valence-electron chi connectivity index (χ1n) is 15.6. The number of hydrogen-bond donors (Lipinski definition) is 0. The molecule has 1 aromatic heterocycles. The van der Waals surface area contributed by atoms with Crippen molar-refractivity contribution in [3.05, 3.63) is 70.6 Å². The number of urea groups is 1. The van der Waals surface area contributed by atoms with Gasteiger partial charge in [0.25, 0.3) is 5.91 Å². The Hall–Kier alpha value is -4.20. The molecule has 3 aliphatic heterocycles. The summed E-state index contributed by atoms with van der Waals surface area (Å²) in [5.74, 6) is -1.05. The van der Waals surface area contributed by atoms with Crippen LogP contribution >= 0.6 is 11.6 Å². The van der Waals surface area contributed by atoms with Crippen LogP contribution in [0.2, 0.25) is 5.15 Å². The average molecular weight is 631 g/mol.